The van der Waals surface area contributed by atoms with E-state index in [9.17, 15) is 14.4 Å². The van der Waals surface area contributed by atoms with E-state index in [4.69, 9.17) is 0 Å². The van der Waals surface area contributed by atoms with Crippen molar-refractivity contribution in [2.24, 2.45) is 0 Å². The number of hydrogen-bond donors (Lipinski definition) is 1. The summed E-state index contributed by atoms with van der Waals surface area (Å²) in [7, 11) is 0. The normalized spacial score (nSPS) is 16.9. The van der Waals surface area contributed by atoms with E-state index in [2.05, 4.69) is 29.4 Å². The fraction of sp³-hybridized carbons (Fsp3) is 0.320. The molecular weight excluding hydrogens is 390 g/mol. The number of carbonyl (C=O) groups excluding carboxylic acids is 3. The predicted molar refractivity (Wildman–Crippen MR) is 118 cm³/mol. The first-order valence-electron chi connectivity index (χ1n) is 10.9. The summed E-state index contributed by atoms with van der Waals surface area (Å²) in [6.07, 6.45) is 4.85. The van der Waals surface area contributed by atoms with Gasteiger partial charge in [-0.25, -0.2) is 0 Å². The zero-order valence-electron chi connectivity index (χ0n) is 17.3. The number of fused-ring (bicyclic) bond motifs is 2. The number of aromatic nitrogens is 1. The van der Waals surface area contributed by atoms with Crippen molar-refractivity contribution in [3.05, 3.63) is 71.4 Å². The molecule has 6 heteroatoms. The molecule has 3 amide bonds. The van der Waals surface area contributed by atoms with Crippen LogP contribution in [0.2, 0.25) is 0 Å². The number of benzene rings is 2. The number of nitrogens with one attached hydrogen (secondary N) is 1. The summed E-state index contributed by atoms with van der Waals surface area (Å²) in [4.78, 5) is 44.1. The van der Waals surface area contributed by atoms with Crippen molar-refractivity contribution in [3.8, 4) is 0 Å². The summed E-state index contributed by atoms with van der Waals surface area (Å²) in [5, 5.41) is 1.27. The third-order valence-electron chi connectivity index (χ3n) is 6.56. The molecule has 1 N–H and O–H groups in total. The van der Waals surface area contributed by atoms with Crippen LogP contribution in [0.4, 0.5) is 0 Å². The molecule has 2 aliphatic heterocycles. The molecule has 0 spiro atoms. The predicted octanol–water partition coefficient (Wildman–Crippen LogP) is 3.95. The van der Waals surface area contributed by atoms with E-state index >= 15 is 0 Å². The van der Waals surface area contributed by atoms with Crippen molar-refractivity contribution < 1.29 is 14.4 Å². The fourth-order valence-electron chi connectivity index (χ4n) is 4.86. The fourth-order valence-corrected chi connectivity index (χ4v) is 4.86. The number of amides is 3. The van der Waals surface area contributed by atoms with Gasteiger partial charge in [0.05, 0.1) is 11.1 Å². The molecule has 6 nitrogen and oxygen atoms in total. The summed E-state index contributed by atoms with van der Waals surface area (Å²) in [5.74, 6) is 0.0488. The van der Waals surface area contributed by atoms with Crippen molar-refractivity contribution in [2.75, 3.05) is 19.6 Å². The molecule has 0 saturated carbocycles. The van der Waals surface area contributed by atoms with Crippen LogP contribution in [0.25, 0.3) is 10.9 Å². The molecule has 2 aliphatic rings. The minimum atomic E-state index is -0.257. The van der Waals surface area contributed by atoms with E-state index in [1.54, 1.807) is 24.3 Å². The van der Waals surface area contributed by atoms with Gasteiger partial charge in [-0.2, -0.15) is 0 Å². The van der Waals surface area contributed by atoms with Gasteiger partial charge >= 0.3 is 0 Å². The van der Waals surface area contributed by atoms with E-state index in [1.165, 1.54) is 15.8 Å². The van der Waals surface area contributed by atoms with E-state index in [-0.39, 0.29) is 24.3 Å². The lowest BCUT2D eigenvalue weighted by Gasteiger charge is -2.32. The molecule has 0 bridgehead atoms. The lowest BCUT2D eigenvalue weighted by Crippen LogP contribution is -2.38. The number of H-pyrrole nitrogens is 1. The monoisotopic (exact) mass is 415 g/mol. The van der Waals surface area contributed by atoms with Crippen LogP contribution >= 0.6 is 0 Å². The Kier molecular flexibility index (Phi) is 5.06. The van der Waals surface area contributed by atoms with Gasteiger partial charge in [0.1, 0.15) is 0 Å². The molecule has 0 aliphatic carbocycles. The Morgan fingerprint density at radius 3 is 2.29 bits per heavy atom. The maximum absolute atomic E-state index is 12.7. The molecule has 2 aromatic carbocycles. The third kappa shape index (κ3) is 3.52. The van der Waals surface area contributed by atoms with Gasteiger partial charge in [-0.1, -0.05) is 30.3 Å². The van der Waals surface area contributed by atoms with Crippen LogP contribution in [-0.2, 0) is 4.79 Å². The average Bonchev–Trinajstić information content (AvgIpc) is 3.34. The number of nitrogens with zero attached hydrogens (tertiary/aromatic N) is 2. The molecule has 3 heterocycles. The number of imide groups is 1. The van der Waals surface area contributed by atoms with Crippen molar-refractivity contribution in [3.63, 3.8) is 0 Å². The van der Waals surface area contributed by atoms with Crippen molar-refractivity contribution in [1.29, 1.82) is 0 Å². The van der Waals surface area contributed by atoms with E-state index in [0.29, 0.717) is 29.9 Å². The van der Waals surface area contributed by atoms with Crippen molar-refractivity contribution in [2.45, 2.75) is 31.6 Å². The summed E-state index contributed by atoms with van der Waals surface area (Å²) in [6, 6.07) is 15.2. The summed E-state index contributed by atoms with van der Waals surface area (Å²) in [6.45, 7) is 1.77. The van der Waals surface area contributed by atoms with Crippen LogP contribution in [0.15, 0.2) is 54.7 Å². The lowest BCUT2D eigenvalue weighted by atomic mass is 9.89. The number of piperidine rings is 1. The van der Waals surface area contributed by atoms with Crippen molar-refractivity contribution >= 4 is 28.6 Å². The summed E-state index contributed by atoms with van der Waals surface area (Å²) < 4.78 is 0. The Balaban J connectivity index is 1.13. The topological polar surface area (TPSA) is 73.5 Å². The second-order valence-corrected chi connectivity index (χ2v) is 8.36. The zero-order chi connectivity index (χ0) is 21.4. The van der Waals surface area contributed by atoms with Gasteiger partial charge in [0.15, 0.2) is 0 Å². The summed E-state index contributed by atoms with van der Waals surface area (Å²) in [5.41, 5.74) is 3.41. The molecule has 5 rings (SSSR count). The number of hydrogen-bond acceptors (Lipinski definition) is 3. The highest BCUT2D eigenvalue weighted by molar-refractivity contribution is 6.21. The van der Waals surface area contributed by atoms with Gasteiger partial charge in [0.25, 0.3) is 11.8 Å². The number of rotatable bonds is 5. The Bertz CT molecular complexity index is 1120. The molecular formula is C25H25N3O3. The van der Waals surface area contributed by atoms with E-state index in [1.807, 2.05) is 11.0 Å². The zero-order valence-corrected chi connectivity index (χ0v) is 17.3. The van der Waals surface area contributed by atoms with Gasteiger partial charge < -0.3 is 9.88 Å². The van der Waals surface area contributed by atoms with Gasteiger partial charge in [-0.3, -0.25) is 19.3 Å². The molecule has 0 radical (unpaired) electrons. The van der Waals surface area contributed by atoms with Crippen molar-refractivity contribution in [1.82, 2.24) is 14.8 Å². The SMILES string of the molecule is O=C(CCCN1C(=O)c2ccccc2C1=O)N1CCC(c2c[nH]c3ccccc23)CC1. The van der Waals surface area contributed by atoms with Crippen LogP contribution in [-0.4, -0.2) is 52.1 Å². The second kappa shape index (κ2) is 8.02. The maximum atomic E-state index is 12.7. The van der Waals surface area contributed by atoms with E-state index < -0.39 is 0 Å². The molecule has 0 atom stereocenters. The highest BCUT2D eigenvalue weighted by Crippen LogP contribution is 2.33. The van der Waals surface area contributed by atoms with Gasteiger partial charge in [0, 0.05) is 43.2 Å². The first kappa shape index (κ1) is 19.5. The second-order valence-electron chi connectivity index (χ2n) is 8.36. The van der Waals surface area contributed by atoms with E-state index in [0.717, 1.165) is 31.4 Å². The van der Waals surface area contributed by atoms with Crippen LogP contribution < -0.4 is 0 Å². The minimum absolute atomic E-state index is 0.106. The summed E-state index contributed by atoms with van der Waals surface area (Å²) >= 11 is 0. The number of para-hydroxylation sites is 1. The highest BCUT2D eigenvalue weighted by Gasteiger charge is 2.34. The average molecular weight is 415 g/mol. The molecule has 31 heavy (non-hydrogen) atoms. The molecule has 3 aromatic rings. The van der Waals surface area contributed by atoms with Crippen LogP contribution in [0.1, 0.15) is 57.9 Å². The standard InChI is InChI=1S/C25H25N3O3/c29-23(10-5-13-28-24(30)19-7-1-2-8-20(19)25(28)31)27-14-11-17(12-15-27)21-16-26-22-9-4-3-6-18(21)22/h1-4,6-9,16-17,26H,5,10-15H2. The Morgan fingerprint density at radius 2 is 1.58 bits per heavy atom. The van der Waals surface area contributed by atoms with Crippen LogP contribution in [0.5, 0.6) is 0 Å². The third-order valence-corrected chi connectivity index (χ3v) is 6.56. The quantitative estimate of drug-likeness (QED) is 0.641. The van der Waals surface area contributed by atoms with Crippen LogP contribution in [0.3, 0.4) is 0 Å². The molecule has 0 unspecified atom stereocenters. The van der Waals surface area contributed by atoms with Crippen LogP contribution in [0, 0.1) is 0 Å². The number of aromatic amines is 1. The molecule has 1 aromatic heterocycles. The molecule has 1 saturated heterocycles. The number of carbonyl (C=O) groups is 3. The smallest absolute Gasteiger partial charge is 0.261 e. The number of likely N-dealkylation sites (tertiary alicyclic amines) is 1. The first-order chi connectivity index (χ1) is 15.1. The lowest BCUT2D eigenvalue weighted by molar-refractivity contribution is -0.132. The highest BCUT2D eigenvalue weighted by atomic mass is 16.2. The Hall–Kier alpha value is -3.41. The maximum Gasteiger partial charge on any atom is 0.261 e. The van der Waals surface area contributed by atoms with Gasteiger partial charge in [0.2, 0.25) is 5.91 Å². The Morgan fingerprint density at radius 1 is 0.935 bits per heavy atom. The Labute approximate surface area is 180 Å². The largest absolute Gasteiger partial charge is 0.361 e. The molecule has 158 valence electrons. The minimum Gasteiger partial charge on any atom is -0.361 e. The first-order valence-corrected chi connectivity index (χ1v) is 10.9. The molecule has 1 fully saturated rings. The van der Waals surface area contributed by atoms with Gasteiger partial charge in [-0.15, -0.1) is 0 Å². The van der Waals surface area contributed by atoms with Gasteiger partial charge in [-0.05, 0) is 48.9 Å².